The SMILES string of the molecule is CC1CCCC(F)(Cl)C1. The number of rotatable bonds is 0. The fourth-order valence-electron chi connectivity index (χ4n) is 1.42. The summed E-state index contributed by atoms with van der Waals surface area (Å²) >= 11 is 5.50. The standard InChI is InChI=1S/C7H12ClF/c1-6-3-2-4-7(8,9)5-6/h6H,2-5H2,1H3. The normalized spacial score (nSPS) is 45.0. The van der Waals surface area contributed by atoms with Crippen LogP contribution in [0.15, 0.2) is 0 Å². The summed E-state index contributed by atoms with van der Waals surface area (Å²) in [5.41, 5.74) is 0. The zero-order chi connectivity index (χ0) is 6.91. The summed E-state index contributed by atoms with van der Waals surface area (Å²) in [5.74, 6) is 0.473. The Morgan fingerprint density at radius 1 is 1.67 bits per heavy atom. The van der Waals surface area contributed by atoms with Crippen molar-refractivity contribution in [3.8, 4) is 0 Å². The van der Waals surface area contributed by atoms with E-state index in [1.807, 2.05) is 0 Å². The van der Waals surface area contributed by atoms with Gasteiger partial charge in [0.05, 0.1) is 0 Å². The van der Waals surface area contributed by atoms with Crippen LogP contribution in [0.2, 0.25) is 0 Å². The maximum Gasteiger partial charge on any atom is 0.183 e. The van der Waals surface area contributed by atoms with E-state index >= 15 is 0 Å². The van der Waals surface area contributed by atoms with Crippen LogP contribution in [0.5, 0.6) is 0 Å². The molecule has 0 bridgehead atoms. The summed E-state index contributed by atoms with van der Waals surface area (Å²) in [7, 11) is 0. The van der Waals surface area contributed by atoms with Gasteiger partial charge < -0.3 is 0 Å². The van der Waals surface area contributed by atoms with Gasteiger partial charge in [0.15, 0.2) is 5.13 Å². The second-order valence-corrected chi connectivity index (χ2v) is 3.73. The molecule has 2 unspecified atom stereocenters. The molecule has 9 heavy (non-hydrogen) atoms. The largest absolute Gasteiger partial charge is 0.226 e. The predicted octanol–water partition coefficient (Wildman–Crippen LogP) is 3.10. The molecule has 0 aliphatic heterocycles. The van der Waals surface area contributed by atoms with Crippen molar-refractivity contribution in [2.24, 2.45) is 5.92 Å². The maximum absolute atomic E-state index is 12.9. The Morgan fingerprint density at radius 2 is 2.33 bits per heavy atom. The van der Waals surface area contributed by atoms with Gasteiger partial charge in [-0.15, -0.1) is 0 Å². The highest BCUT2D eigenvalue weighted by Gasteiger charge is 2.31. The van der Waals surface area contributed by atoms with Crippen molar-refractivity contribution < 1.29 is 4.39 Å². The third kappa shape index (κ3) is 2.13. The Morgan fingerprint density at radius 3 is 2.67 bits per heavy atom. The molecule has 1 aliphatic rings. The second-order valence-electron chi connectivity index (χ2n) is 3.06. The lowest BCUT2D eigenvalue weighted by Gasteiger charge is -2.27. The monoisotopic (exact) mass is 150 g/mol. The van der Waals surface area contributed by atoms with E-state index in [4.69, 9.17) is 11.6 Å². The van der Waals surface area contributed by atoms with E-state index in [0.29, 0.717) is 18.8 Å². The van der Waals surface area contributed by atoms with Crippen LogP contribution >= 0.6 is 11.6 Å². The van der Waals surface area contributed by atoms with Gasteiger partial charge in [-0.1, -0.05) is 24.9 Å². The van der Waals surface area contributed by atoms with Gasteiger partial charge in [-0.25, -0.2) is 4.39 Å². The zero-order valence-electron chi connectivity index (χ0n) is 5.66. The average Bonchev–Trinajstić information content (AvgIpc) is 1.60. The van der Waals surface area contributed by atoms with E-state index in [0.717, 1.165) is 12.8 Å². The molecule has 1 aliphatic carbocycles. The minimum absolute atomic E-state index is 0.473. The first-order valence-corrected chi connectivity index (χ1v) is 3.86. The highest BCUT2D eigenvalue weighted by Crippen LogP contribution is 2.37. The van der Waals surface area contributed by atoms with Gasteiger partial charge in [0.2, 0.25) is 0 Å². The predicted molar refractivity (Wildman–Crippen MR) is 37.3 cm³/mol. The Hall–Kier alpha value is 0.220. The highest BCUT2D eigenvalue weighted by atomic mass is 35.5. The van der Waals surface area contributed by atoms with Crippen LogP contribution in [0.3, 0.4) is 0 Å². The Labute approximate surface area is 60.4 Å². The molecular formula is C7H12ClF. The van der Waals surface area contributed by atoms with Crippen molar-refractivity contribution >= 4 is 11.6 Å². The number of halogens is 2. The van der Waals surface area contributed by atoms with Gasteiger partial charge in [0.25, 0.3) is 0 Å². The van der Waals surface area contributed by atoms with E-state index in [2.05, 4.69) is 6.92 Å². The lowest BCUT2D eigenvalue weighted by Crippen LogP contribution is -2.23. The molecule has 0 amide bonds. The molecule has 0 N–H and O–H groups in total. The molecule has 0 aromatic carbocycles. The topological polar surface area (TPSA) is 0 Å². The zero-order valence-corrected chi connectivity index (χ0v) is 6.42. The van der Waals surface area contributed by atoms with Gasteiger partial charge in [-0.3, -0.25) is 0 Å². The van der Waals surface area contributed by atoms with Crippen molar-refractivity contribution in [1.82, 2.24) is 0 Å². The molecule has 0 saturated heterocycles. The third-order valence-corrected chi connectivity index (χ3v) is 2.23. The molecule has 2 atom stereocenters. The molecule has 0 heterocycles. The van der Waals surface area contributed by atoms with Crippen LogP contribution in [0, 0.1) is 5.92 Å². The van der Waals surface area contributed by atoms with Crippen molar-refractivity contribution in [2.45, 2.75) is 37.7 Å². The van der Waals surface area contributed by atoms with E-state index in [1.54, 1.807) is 0 Å². The van der Waals surface area contributed by atoms with Crippen LogP contribution < -0.4 is 0 Å². The van der Waals surface area contributed by atoms with Crippen LogP contribution in [0.1, 0.15) is 32.6 Å². The molecule has 0 aromatic heterocycles. The summed E-state index contributed by atoms with van der Waals surface area (Å²) < 4.78 is 12.9. The van der Waals surface area contributed by atoms with Gasteiger partial charge >= 0.3 is 0 Å². The van der Waals surface area contributed by atoms with E-state index < -0.39 is 5.13 Å². The van der Waals surface area contributed by atoms with Crippen LogP contribution in [0.4, 0.5) is 4.39 Å². The quantitative estimate of drug-likeness (QED) is 0.466. The second kappa shape index (κ2) is 2.45. The molecule has 1 saturated carbocycles. The first-order valence-electron chi connectivity index (χ1n) is 3.48. The van der Waals surface area contributed by atoms with Crippen molar-refractivity contribution in [3.05, 3.63) is 0 Å². The highest BCUT2D eigenvalue weighted by molar-refractivity contribution is 6.22. The summed E-state index contributed by atoms with van der Waals surface area (Å²) in [6.45, 7) is 2.05. The van der Waals surface area contributed by atoms with E-state index in [1.165, 1.54) is 0 Å². The van der Waals surface area contributed by atoms with E-state index in [-0.39, 0.29) is 0 Å². The summed E-state index contributed by atoms with van der Waals surface area (Å²) in [6, 6.07) is 0. The Bertz CT molecular complexity index is 101. The smallest absolute Gasteiger partial charge is 0.183 e. The molecular weight excluding hydrogens is 139 g/mol. The van der Waals surface area contributed by atoms with Crippen LogP contribution in [-0.4, -0.2) is 5.13 Å². The fourth-order valence-corrected chi connectivity index (χ4v) is 1.82. The minimum Gasteiger partial charge on any atom is -0.226 e. The Balaban J connectivity index is 2.41. The number of alkyl halides is 2. The lowest BCUT2D eigenvalue weighted by atomic mass is 9.89. The molecule has 0 spiro atoms. The van der Waals surface area contributed by atoms with Gasteiger partial charge in [-0.05, 0) is 25.2 Å². The van der Waals surface area contributed by atoms with Crippen molar-refractivity contribution in [1.29, 1.82) is 0 Å². The minimum atomic E-state index is -1.38. The van der Waals surface area contributed by atoms with Gasteiger partial charge in [0.1, 0.15) is 0 Å². The van der Waals surface area contributed by atoms with Gasteiger partial charge in [-0.2, -0.15) is 0 Å². The molecule has 0 nitrogen and oxygen atoms in total. The average molecular weight is 151 g/mol. The molecule has 1 fully saturated rings. The van der Waals surface area contributed by atoms with Crippen LogP contribution in [0.25, 0.3) is 0 Å². The molecule has 0 aromatic rings. The summed E-state index contributed by atoms with van der Waals surface area (Å²) in [6.07, 6.45) is 3.16. The first kappa shape index (κ1) is 7.33. The number of hydrogen-bond donors (Lipinski definition) is 0. The molecule has 1 rings (SSSR count). The van der Waals surface area contributed by atoms with Gasteiger partial charge in [0, 0.05) is 0 Å². The third-order valence-electron chi connectivity index (χ3n) is 1.89. The summed E-state index contributed by atoms with van der Waals surface area (Å²) in [4.78, 5) is 0. The summed E-state index contributed by atoms with van der Waals surface area (Å²) in [5, 5.41) is -1.38. The first-order chi connectivity index (χ1) is 4.10. The lowest BCUT2D eigenvalue weighted by molar-refractivity contribution is 0.166. The van der Waals surface area contributed by atoms with Crippen molar-refractivity contribution in [3.63, 3.8) is 0 Å². The van der Waals surface area contributed by atoms with E-state index in [9.17, 15) is 4.39 Å². The van der Waals surface area contributed by atoms with Crippen LogP contribution in [-0.2, 0) is 0 Å². The van der Waals surface area contributed by atoms with Crippen molar-refractivity contribution in [2.75, 3.05) is 0 Å². The molecule has 0 radical (unpaired) electrons. The molecule has 2 heteroatoms. The fraction of sp³-hybridized carbons (Fsp3) is 1.00. The molecule has 54 valence electrons. The number of hydrogen-bond acceptors (Lipinski definition) is 0. The maximum atomic E-state index is 12.9. The Kier molecular flexibility index (Phi) is 2.00.